The molecule has 0 aliphatic carbocycles. The van der Waals surface area contributed by atoms with E-state index in [-0.39, 0.29) is 0 Å². The number of hydrogen-bond acceptors (Lipinski definition) is 1. The third-order valence-electron chi connectivity index (χ3n) is 6.04. The molecule has 0 bridgehead atoms. The third kappa shape index (κ3) is 3.85. The van der Waals surface area contributed by atoms with E-state index in [1.165, 1.54) is 0 Å². The van der Waals surface area contributed by atoms with E-state index in [9.17, 15) is 0 Å². The molecule has 1 heterocycles. The highest BCUT2D eigenvalue weighted by atomic mass is 31.8. The molecule has 0 radical (unpaired) electrons. The predicted octanol–water partition coefficient (Wildman–Crippen LogP) is 8.70. The van der Waals surface area contributed by atoms with Gasteiger partial charge in [0, 0.05) is 16.0 Å². The van der Waals surface area contributed by atoms with Crippen LogP contribution in [0.1, 0.15) is 83.1 Å². The van der Waals surface area contributed by atoms with Crippen LogP contribution in [0.3, 0.4) is 0 Å². The summed E-state index contributed by atoms with van der Waals surface area (Å²) >= 11 is 0. The van der Waals surface area contributed by atoms with Crippen LogP contribution in [0.15, 0.2) is 0 Å². The molecule has 0 unspecified atom stereocenters. The summed E-state index contributed by atoms with van der Waals surface area (Å²) in [6.45, 7) is 29.9. The highest BCUT2D eigenvalue weighted by molar-refractivity contribution is 8.35. The van der Waals surface area contributed by atoms with Gasteiger partial charge < -0.3 is 19.5 Å². The van der Waals surface area contributed by atoms with Crippen LogP contribution < -0.4 is 0 Å². The second kappa shape index (κ2) is 8.23. The maximum atomic E-state index is 7.55. The van der Waals surface area contributed by atoms with Gasteiger partial charge in [-0.15, -0.1) is 11.1 Å². The fraction of sp³-hybridized carbons (Fsp3) is 1.00. The van der Waals surface area contributed by atoms with Crippen LogP contribution in [0.4, 0.5) is 0 Å². The van der Waals surface area contributed by atoms with Gasteiger partial charge in [-0.25, -0.2) is 7.41 Å². The first-order valence-electron chi connectivity index (χ1n) is 9.96. The summed E-state index contributed by atoms with van der Waals surface area (Å²) in [6, 6.07) is 0. The second-order valence-electron chi connectivity index (χ2n) is 9.54. The summed E-state index contributed by atoms with van der Waals surface area (Å²) in [6.07, 6.45) is 0. The zero-order chi connectivity index (χ0) is 19.1. The van der Waals surface area contributed by atoms with Crippen LogP contribution in [0.2, 0.25) is 33.2 Å². The van der Waals surface area contributed by atoms with Crippen LogP contribution in [-0.4, -0.2) is 23.4 Å². The smallest absolute Gasteiger partial charge is 0.0217 e. The van der Waals surface area contributed by atoms with Crippen molar-refractivity contribution in [2.75, 3.05) is 0 Å². The van der Waals surface area contributed by atoms with E-state index in [0.29, 0.717) is 0 Å². The Morgan fingerprint density at radius 2 is 0.708 bits per heavy atom. The van der Waals surface area contributed by atoms with E-state index in [2.05, 4.69) is 83.1 Å². The molecule has 0 amide bonds. The molecule has 1 nitrogen and oxygen atoms in total. The fourth-order valence-electron chi connectivity index (χ4n) is 4.40. The lowest BCUT2D eigenvalue weighted by atomic mass is 10.5. The summed E-state index contributed by atoms with van der Waals surface area (Å²) in [7, 11) is -1.31. The maximum absolute atomic E-state index is 7.55. The first-order chi connectivity index (χ1) is 10.8. The normalized spacial score (nSPS) is 25.2. The molecule has 0 N–H and O–H groups in total. The molecule has 0 atom stereocenters. The molecule has 1 aliphatic rings. The van der Waals surface area contributed by atoms with Crippen LogP contribution in [0.25, 0.3) is 0 Å². The monoisotopic (exact) mass is 420 g/mol. The minimum absolute atomic E-state index is 0.725. The van der Waals surface area contributed by atoms with Gasteiger partial charge in [0.05, 0.1) is 0 Å². The van der Waals surface area contributed by atoms with Crippen molar-refractivity contribution in [2.45, 2.75) is 116 Å². The summed E-state index contributed by atoms with van der Waals surface area (Å²) in [5.41, 5.74) is 4.62. The van der Waals surface area contributed by atoms with E-state index in [1.54, 1.807) is 0 Å². The molecule has 0 spiro atoms. The van der Waals surface area contributed by atoms with Crippen molar-refractivity contribution < 1.29 is 4.12 Å². The molecule has 0 aromatic carbocycles. The Kier molecular flexibility index (Phi) is 8.06. The maximum Gasteiger partial charge on any atom is 0.0217 e. The quantitative estimate of drug-likeness (QED) is 0.308. The van der Waals surface area contributed by atoms with Crippen LogP contribution in [-0.2, 0) is 4.12 Å². The second-order valence-corrected chi connectivity index (χ2v) is 37.4. The van der Waals surface area contributed by atoms with Crippen molar-refractivity contribution in [3.63, 3.8) is 0 Å². The molecule has 0 aromatic rings. The van der Waals surface area contributed by atoms with Gasteiger partial charge in [-0.2, -0.15) is 0 Å². The molecule has 1 fully saturated rings. The van der Waals surface area contributed by atoms with Gasteiger partial charge in [0.2, 0.25) is 0 Å². The minimum atomic E-state index is -1.77. The zero-order valence-corrected chi connectivity index (χ0v) is 23.1. The Morgan fingerprint density at radius 1 is 0.458 bits per heavy atom. The van der Waals surface area contributed by atoms with E-state index >= 15 is 0 Å². The number of rotatable bonds is 6. The molecular weight excluding hydrogens is 378 g/mol. The van der Waals surface area contributed by atoms with E-state index in [1.807, 2.05) is 15.4 Å². The molecular formula is C18H42OP2Si3-2. The predicted molar refractivity (Wildman–Crippen MR) is 123 cm³/mol. The third-order valence-corrected chi connectivity index (χ3v) is 56.5. The molecule has 0 saturated carbocycles. The lowest BCUT2D eigenvalue weighted by Crippen LogP contribution is -2.62. The molecule has 1 rings (SSSR count). The molecule has 6 heteroatoms. The van der Waals surface area contributed by atoms with Crippen LogP contribution in [0, 0.1) is 0 Å². The van der Waals surface area contributed by atoms with Crippen LogP contribution >= 0.6 is 15.4 Å². The number of hydrogen-bond donors (Lipinski definition) is 0. The van der Waals surface area contributed by atoms with Crippen LogP contribution in [0.5, 0.6) is 0 Å². The zero-order valence-electron chi connectivity index (χ0n) is 18.3. The van der Waals surface area contributed by atoms with Gasteiger partial charge in [-0.05, 0) is 0 Å². The van der Waals surface area contributed by atoms with Crippen molar-refractivity contribution in [1.82, 2.24) is 0 Å². The average molecular weight is 421 g/mol. The average Bonchev–Trinajstić information content (AvgIpc) is 2.44. The van der Waals surface area contributed by atoms with Gasteiger partial charge in [0.25, 0.3) is 0 Å². The molecule has 1 saturated heterocycles. The fourth-order valence-corrected chi connectivity index (χ4v) is 77.2. The van der Waals surface area contributed by atoms with E-state index < -0.39 is 23.4 Å². The van der Waals surface area contributed by atoms with Crippen molar-refractivity contribution >= 4 is 38.7 Å². The van der Waals surface area contributed by atoms with Gasteiger partial charge >= 0.3 is 0 Å². The van der Waals surface area contributed by atoms with Crippen molar-refractivity contribution in [3.05, 3.63) is 0 Å². The standard InChI is InChI=1S/C18H42OP2Si3/c1-13(2)22(14(3)4)19-23(15(5)6,16(7)8)21-24(20-22,17(9)10)18(11)12/h13-18H,1-12H3/q-2. The van der Waals surface area contributed by atoms with Gasteiger partial charge in [0.1, 0.15) is 0 Å². The summed E-state index contributed by atoms with van der Waals surface area (Å²) in [5.74, 6) is 0. The Morgan fingerprint density at radius 3 is 0.875 bits per heavy atom. The molecule has 144 valence electrons. The van der Waals surface area contributed by atoms with Crippen molar-refractivity contribution in [1.29, 1.82) is 0 Å². The lowest BCUT2D eigenvalue weighted by molar-refractivity contribution is 0.500. The lowest BCUT2D eigenvalue weighted by Gasteiger charge is -2.81. The summed E-state index contributed by atoms with van der Waals surface area (Å²) in [5, 5.41) is 0. The SMILES string of the molecule is CC(C)[Si]1(C(C)C)O[Si](C(C)C)(C(C)C)[P-][Si](C(C)C)(C(C)C)[P-]1. The highest BCUT2D eigenvalue weighted by Gasteiger charge is 2.47. The first-order valence-corrected chi connectivity index (χ1v) is 21.4. The molecule has 1 aliphatic heterocycles. The van der Waals surface area contributed by atoms with Gasteiger partial charge in [-0.1, -0.05) is 105 Å². The first kappa shape index (κ1) is 23.5. The van der Waals surface area contributed by atoms with E-state index in [0.717, 1.165) is 33.2 Å². The Hall–Kier alpha value is 1.47. The van der Waals surface area contributed by atoms with Crippen molar-refractivity contribution in [3.8, 4) is 0 Å². The summed E-state index contributed by atoms with van der Waals surface area (Å²) < 4.78 is 7.55. The summed E-state index contributed by atoms with van der Waals surface area (Å²) in [4.78, 5) is 0. The van der Waals surface area contributed by atoms with Gasteiger partial charge in [-0.3, -0.25) is 0 Å². The van der Waals surface area contributed by atoms with E-state index in [4.69, 9.17) is 4.12 Å². The Labute approximate surface area is 159 Å². The molecule has 24 heavy (non-hydrogen) atoms. The topological polar surface area (TPSA) is 9.23 Å². The Balaban J connectivity index is 3.68. The van der Waals surface area contributed by atoms with Crippen molar-refractivity contribution in [2.24, 2.45) is 0 Å². The largest absolute Gasteiger partial charge is 0.538 e. The Bertz CT molecular complexity index is 325. The minimum Gasteiger partial charge on any atom is -0.538 e. The highest BCUT2D eigenvalue weighted by Crippen LogP contribution is 2.73. The molecule has 0 aromatic heterocycles. The van der Waals surface area contributed by atoms with Gasteiger partial charge in [0.15, 0.2) is 0 Å².